The molecule has 1 aliphatic heterocycles. The molecule has 92 valence electrons. The van der Waals surface area contributed by atoms with Crippen LogP contribution in [0, 0.1) is 6.92 Å². The molecular weight excluding hydrogens is 220 g/mol. The molecule has 0 aromatic carbocycles. The van der Waals surface area contributed by atoms with Gasteiger partial charge in [-0.2, -0.15) is 0 Å². The van der Waals surface area contributed by atoms with Crippen LogP contribution in [0.1, 0.15) is 5.56 Å². The van der Waals surface area contributed by atoms with E-state index in [4.69, 9.17) is 10.8 Å². The summed E-state index contributed by atoms with van der Waals surface area (Å²) in [6.45, 7) is 4.31. The molecule has 3 N–H and O–H groups in total. The molecule has 2 rings (SSSR count). The maximum atomic E-state index is 10.8. The summed E-state index contributed by atoms with van der Waals surface area (Å²) < 4.78 is 0. The van der Waals surface area contributed by atoms with Crippen LogP contribution in [0.2, 0.25) is 0 Å². The molecule has 6 heteroatoms. The van der Waals surface area contributed by atoms with E-state index in [-0.39, 0.29) is 0 Å². The maximum absolute atomic E-state index is 10.8. The zero-order valence-electron chi connectivity index (χ0n) is 9.76. The zero-order chi connectivity index (χ0) is 12.4. The first-order valence-corrected chi connectivity index (χ1v) is 5.53. The topological polar surface area (TPSA) is 82.7 Å². The third-order valence-electron chi connectivity index (χ3n) is 3.01. The quantitative estimate of drug-likeness (QED) is 0.752. The molecule has 0 unspecified atom stereocenters. The van der Waals surface area contributed by atoms with Crippen LogP contribution in [0.25, 0.3) is 0 Å². The van der Waals surface area contributed by atoms with E-state index in [1.165, 1.54) is 4.90 Å². The van der Waals surface area contributed by atoms with E-state index in [1.807, 2.05) is 13.0 Å². The van der Waals surface area contributed by atoms with Crippen LogP contribution in [-0.4, -0.2) is 47.3 Å². The number of piperazine rings is 1. The Morgan fingerprint density at radius 1 is 1.41 bits per heavy atom. The highest BCUT2D eigenvalue weighted by atomic mass is 16.4. The number of aromatic nitrogens is 1. The summed E-state index contributed by atoms with van der Waals surface area (Å²) in [6.07, 6.45) is 0.792. The number of anilines is 2. The second-order valence-corrected chi connectivity index (χ2v) is 4.16. The lowest BCUT2D eigenvalue weighted by atomic mass is 10.2. The largest absolute Gasteiger partial charge is 0.465 e. The Balaban J connectivity index is 2.05. The minimum Gasteiger partial charge on any atom is -0.465 e. The number of aryl methyl sites for hydroxylation is 1. The second-order valence-electron chi connectivity index (χ2n) is 4.16. The highest BCUT2D eigenvalue weighted by molar-refractivity contribution is 5.65. The van der Waals surface area contributed by atoms with Crippen molar-refractivity contribution in [3.63, 3.8) is 0 Å². The van der Waals surface area contributed by atoms with Crippen molar-refractivity contribution in [1.29, 1.82) is 0 Å². The Labute approximate surface area is 99.7 Å². The first-order valence-electron chi connectivity index (χ1n) is 5.53. The molecule has 2 heterocycles. The Hall–Kier alpha value is -1.98. The molecule has 0 bridgehead atoms. The number of hydrogen-bond donors (Lipinski definition) is 2. The highest BCUT2D eigenvalue weighted by Gasteiger charge is 2.21. The van der Waals surface area contributed by atoms with Gasteiger partial charge in [-0.15, -0.1) is 0 Å². The second kappa shape index (κ2) is 4.48. The summed E-state index contributed by atoms with van der Waals surface area (Å²) in [4.78, 5) is 18.5. The van der Waals surface area contributed by atoms with Crippen molar-refractivity contribution in [2.24, 2.45) is 0 Å². The van der Waals surface area contributed by atoms with Crippen LogP contribution in [-0.2, 0) is 0 Å². The van der Waals surface area contributed by atoms with E-state index in [0.29, 0.717) is 31.9 Å². The lowest BCUT2D eigenvalue weighted by Gasteiger charge is -2.34. The first-order chi connectivity index (χ1) is 8.08. The first kappa shape index (κ1) is 11.5. The van der Waals surface area contributed by atoms with Crippen LogP contribution in [0.5, 0.6) is 0 Å². The average molecular weight is 236 g/mol. The number of carboxylic acid groups (broad SMARTS) is 1. The fourth-order valence-corrected chi connectivity index (χ4v) is 1.85. The Morgan fingerprint density at radius 2 is 2.06 bits per heavy atom. The van der Waals surface area contributed by atoms with Crippen molar-refractivity contribution in [2.45, 2.75) is 6.92 Å². The Morgan fingerprint density at radius 3 is 2.59 bits per heavy atom. The molecule has 1 aliphatic rings. The van der Waals surface area contributed by atoms with Crippen molar-refractivity contribution in [3.05, 3.63) is 17.8 Å². The summed E-state index contributed by atoms with van der Waals surface area (Å²) in [5, 5.41) is 8.85. The number of nitrogen functional groups attached to an aromatic ring is 1. The van der Waals surface area contributed by atoms with Crippen molar-refractivity contribution >= 4 is 17.6 Å². The Bertz CT molecular complexity index is 427. The van der Waals surface area contributed by atoms with Gasteiger partial charge >= 0.3 is 6.09 Å². The van der Waals surface area contributed by atoms with Crippen LogP contribution in [0.4, 0.5) is 16.3 Å². The molecule has 6 nitrogen and oxygen atoms in total. The molecule has 1 amide bonds. The van der Waals surface area contributed by atoms with Gasteiger partial charge in [0.25, 0.3) is 0 Å². The number of rotatable bonds is 1. The van der Waals surface area contributed by atoms with Gasteiger partial charge in [0, 0.05) is 26.2 Å². The highest BCUT2D eigenvalue weighted by Crippen LogP contribution is 2.18. The number of amides is 1. The normalized spacial score (nSPS) is 16.1. The summed E-state index contributed by atoms with van der Waals surface area (Å²) in [6, 6.07) is 1.94. The lowest BCUT2D eigenvalue weighted by molar-refractivity contribution is 0.142. The van der Waals surface area contributed by atoms with E-state index in [9.17, 15) is 4.79 Å². The summed E-state index contributed by atoms with van der Waals surface area (Å²) in [5.41, 5.74) is 7.39. The minimum atomic E-state index is -0.855. The number of nitrogens with zero attached hydrogens (tertiary/aromatic N) is 3. The van der Waals surface area contributed by atoms with Gasteiger partial charge < -0.3 is 20.6 Å². The summed E-state index contributed by atoms with van der Waals surface area (Å²) in [7, 11) is 0. The fraction of sp³-hybridized carbons (Fsp3) is 0.455. The van der Waals surface area contributed by atoms with Crippen molar-refractivity contribution in [3.8, 4) is 0 Å². The maximum Gasteiger partial charge on any atom is 0.407 e. The molecule has 1 aromatic rings. The van der Waals surface area contributed by atoms with Crippen molar-refractivity contribution in [2.75, 3.05) is 36.8 Å². The van der Waals surface area contributed by atoms with Gasteiger partial charge in [-0.05, 0) is 18.6 Å². The molecule has 1 saturated heterocycles. The van der Waals surface area contributed by atoms with Gasteiger partial charge in [0.1, 0.15) is 5.82 Å². The van der Waals surface area contributed by atoms with Crippen LogP contribution < -0.4 is 10.6 Å². The summed E-state index contributed by atoms with van der Waals surface area (Å²) in [5.74, 6) is 0.863. The molecule has 0 aliphatic carbocycles. The van der Waals surface area contributed by atoms with E-state index < -0.39 is 6.09 Å². The standard InChI is InChI=1S/C11H16N4O2/c1-8-6-10(13-7-9(8)12)14-2-4-15(5-3-14)11(16)17/h6-7H,2-5,12H2,1H3,(H,16,17). The molecule has 0 spiro atoms. The monoisotopic (exact) mass is 236 g/mol. The molecular formula is C11H16N4O2. The van der Waals surface area contributed by atoms with Gasteiger partial charge in [-0.1, -0.05) is 0 Å². The molecule has 0 atom stereocenters. The van der Waals surface area contributed by atoms with E-state index in [0.717, 1.165) is 11.4 Å². The van der Waals surface area contributed by atoms with Gasteiger partial charge in [0.15, 0.2) is 0 Å². The van der Waals surface area contributed by atoms with Gasteiger partial charge in [-0.3, -0.25) is 0 Å². The van der Waals surface area contributed by atoms with Crippen LogP contribution in [0.15, 0.2) is 12.3 Å². The number of carbonyl (C=O) groups is 1. The smallest absolute Gasteiger partial charge is 0.407 e. The number of hydrogen-bond acceptors (Lipinski definition) is 4. The molecule has 17 heavy (non-hydrogen) atoms. The van der Waals surface area contributed by atoms with Gasteiger partial charge in [0.2, 0.25) is 0 Å². The van der Waals surface area contributed by atoms with E-state index in [1.54, 1.807) is 6.20 Å². The third-order valence-corrected chi connectivity index (χ3v) is 3.01. The predicted octanol–water partition coefficient (Wildman–Crippen LogP) is 0.772. The number of nitrogens with two attached hydrogens (primary N) is 1. The zero-order valence-corrected chi connectivity index (χ0v) is 9.76. The van der Waals surface area contributed by atoms with Gasteiger partial charge in [0.05, 0.1) is 11.9 Å². The van der Waals surface area contributed by atoms with Gasteiger partial charge in [-0.25, -0.2) is 9.78 Å². The van der Waals surface area contributed by atoms with E-state index in [2.05, 4.69) is 9.88 Å². The van der Waals surface area contributed by atoms with E-state index >= 15 is 0 Å². The Kier molecular flexibility index (Phi) is 3.03. The molecule has 1 aromatic heterocycles. The average Bonchev–Trinajstić information content (AvgIpc) is 2.33. The minimum absolute atomic E-state index is 0.514. The SMILES string of the molecule is Cc1cc(N2CCN(C(=O)O)CC2)ncc1N. The van der Waals surface area contributed by atoms with Crippen LogP contribution in [0.3, 0.4) is 0 Å². The number of pyridine rings is 1. The molecule has 1 fully saturated rings. The van der Waals surface area contributed by atoms with Crippen molar-refractivity contribution in [1.82, 2.24) is 9.88 Å². The third kappa shape index (κ3) is 2.41. The lowest BCUT2D eigenvalue weighted by Crippen LogP contribution is -2.48. The van der Waals surface area contributed by atoms with Crippen molar-refractivity contribution < 1.29 is 9.90 Å². The molecule has 0 radical (unpaired) electrons. The molecule has 0 saturated carbocycles. The predicted molar refractivity (Wildman–Crippen MR) is 65.2 cm³/mol. The summed E-state index contributed by atoms with van der Waals surface area (Å²) >= 11 is 0. The van der Waals surface area contributed by atoms with Crippen LogP contribution >= 0.6 is 0 Å². The fourth-order valence-electron chi connectivity index (χ4n) is 1.85.